The Kier molecular flexibility index (Phi) is 14.9. The first-order valence-corrected chi connectivity index (χ1v) is 9.42. The zero-order chi connectivity index (χ0) is 20.1. The SMILES string of the molecule is CCCC(=O)O[C@H](CCC)OC(=O)NCCCC(=O)Oc1ccc(Cl)cc1.[NaH]. The number of benzene rings is 1. The number of ether oxygens (including phenoxy) is 3. The van der Waals surface area contributed by atoms with E-state index in [1.165, 1.54) is 0 Å². The zero-order valence-electron chi connectivity index (χ0n) is 15.7. The number of hydrogen-bond donors (Lipinski definition) is 1. The molecule has 0 fully saturated rings. The van der Waals surface area contributed by atoms with E-state index >= 15 is 0 Å². The van der Waals surface area contributed by atoms with E-state index in [9.17, 15) is 14.4 Å². The Labute approximate surface area is 192 Å². The standard InChI is InChI=1S/C19H26ClNO6.Na.H/c1-3-6-16(22)26-18(7-4-2)27-19(24)21-13-5-8-17(23)25-15-11-9-14(20)10-12-15;;/h9-12,18H,3-8,13H2,1-2H3,(H,21,24);;/t18-;;/m0../s1. The van der Waals surface area contributed by atoms with Crippen molar-refractivity contribution in [1.82, 2.24) is 5.32 Å². The van der Waals surface area contributed by atoms with Crippen LogP contribution in [0, 0.1) is 0 Å². The van der Waals surface area contributed by atoms with Gasteiger partial charge in [0.1, 0.15) is 5.75 Å². The fraction of sp³-hybridized carbons (Fsp3) is 0.526. The van der Waals surface area contributed by atoms with Crippen LogP contribution in [0.4, 0.5) is 4.79 Å². The van der Waals surface area contributed by atoms with Gasteiger partial charge in [0.15, 0.2) is 0 Å². The molecule has 0 aliphatic heterocycles. The molecule has 1 amide bonds. The van der Waals surface area contributed by atoms with Gasteiger partial charge in [-0.25, -0.2) is 4.79 Å². The van der Waals surface area contributed by atoms with Gasteiger partial charge in [-0.2, -0.15) is 0 Å². The van der Waals surface area contributed by atoms with E-state index in [1.807, 2.05) is 13.8 Å². The monoisotopic (exact) mass is 423 g/mol. The number of hydrogen-bond acceptors (Lipinski definition) is 6. The van der Waals surface area contributed by atoms with Gasteiger partial charge in [-0.15, -0.1) is 0 Å². The summed E-state index contributed by atoms with van der Waals surface area (Å²) in [4.78, 5) is 35.0. The minimum absolute atomic E-state index is 0. The fourth-order valence-corrected chi connectivity index (χ4v) is 2.18. The van der Waals surface area contributed by atoms with Crippen molar-refractivity contribution >= 4 is 59.2 Å². The Morgan fingerprint density at radius 1 is 1.00 bits per heavy atom. The summed E-state index contributed by atoms with van der Waals surface area (Å²) in [6.07, 6.45) is 0.997. The van der Waals surface area contributed by atoms with Crippen LogP contribution < -0.4 is 10.1 Å². The normalized spacial score (nSPS) is 11.0. The summed E-state index contributed by atoms with van der Waals surface area (Å²) in [5.41, 5.74) is 0. The van der Waals surface area contributed by atoms with Crippen molar-refractivity contribution < 1.29 is 28.6 Å². The van der Waals surface area contributed by atoms with Gasteiger partial charge >= 0.3 is 47.6 Å². The van der Waals surface area contributed by atoms with Crippen LogP contribution in [0.15, 0.2) is 24.3 Å². The third-order valence-corrected chi connectivity index (χ3v) is 3.60. The molecule has 1 N–H and O–H groups in total. The van der Waals surface area contributed by atoms with Gasteiger partial charge in [0.05, 0.1) is 0 Å². The molecule has 0 saturated carbocycles. The molecule has 7 nitrogen and oxygen atoms in total. The van der Waals surface area contributed by atoms with Crippen molar-refractivity contribution in [3.8, 4) is 5.75 Å². The third kappa shape index (κ3) is 12.2. The van der Waals surface area contributed by atoms with E-state index in [2.05, 4.69) is 5.32 Å². The molecular weight excluding hydrogens is 397 g/mol. The predicted molar refractivity (Wildman–Crippen MR) is 108 cm³/mol. The maximum atomic E-state index is 11.8. The summed E-state index contributed by atoms with van der Waals surface area (Å²) < 4.78 is 15.4. The average molecular weight is 424 g/mol. The molecule has 0 unspecified atom stereocenters. The van der Waals surface area contributed by atoms with Crippen molar-refractivity contribution in [3.05, 3.63) is 29.3 Å². The second-order valence-corrected chi connectivity index (χ2v) is 6.26. The molecule has 9 heteroatoms. The van der Waals surface area contributed by atoms with Crippen LogP contribution in [0.25, 0.3) is 0 Å². The quantitative estimate of drug-likeness (QED) is 0.192. The number of rotatable bonds is 11. The van der Waals surface area contributed by atoms with E-state index in [0.717, 1.165) is 0 Å². The van der Waals surface area contributed by atoms with Crippen LogP contribution in [0.3, 0.4) is 0 Å². The van der Waals surface area contributed by atoms with E-state index in [0.29, 0.717) is 36.5 Å². The number of carbonyl (C=O) groups is 3. The zero-order valence-corrected chi connectivity index (χ0v) is 16.4. The molecule has 0 radical (unpaired) electrons. The first-order valence-electron chi connectivity index (χ1n) is 9.04. The molecule has 0 aliphatic rings. The molecule has 0 bridgehead atoms. The summed E-state index contributed by atoms with van der Waals surface area (Å²) in [5.74, 6) is -0.397. The minimum atomic E-state index is -0.899. The molecule has 28 heavy (non-hydrogen) atoms. The van der Waals surface area contributed by atoms with E-state index in [4.69, 9.17) is 25.8 Å². The molecule has 1 aromatic carbocycles. The molecule has 0 heterocycles. The van der Waals surface area contributed by atoms with Gasteiger partial charge in [-0.05, 0) is 43.5 Å². The van der Waals surface area contributed by atoms with Gasteiger partial charge in [-0.3, -0.25) is 9.59 Å². The maximum absolute atomic E-state index is 11.8. The Hall–Kier alpha value is -1.28. The number of halogens is 1. The van der Waals surface area contributed by atoms with Crippen LogP contribution in [0.2, 0.25) is 5.02 Å². The second kappa shape index (κ2) is 15.6. The fourth-order valence-electron chi connectivity index (χ4n) is 2.06. The average Bonchev–Trinajstić information content (AvgIpc) is 2.61. The first-order chi connectivity index (χ1) is 12.9. The third-order valence-electron chi connectivity index (χ3n) is 3.35. The summed E-state index contributed by atoms with van der Waals surface area (Å²) in [5, 5.41) is 3.08. The van der Waals surface area contributed by atoms with E-state index in [1.54, 1.807) is 24.3 Å². The van der Waals surface area contributed by atoms with Crippen molar-refractivity contribution in [2.45, 2.75) is 58.7 Å². The van der Waals surface area contributed by atoms with Crippen molar-refractivity contribution in [1.29, 1.82) is 0 Å². The molecule has 0 saturated heterocycles. The summed E-state index contributed by atoms with van der Waals surface area (Å²) in [7, 11) is 0. The van der Waals surface area contributed by atoms with Gasteiger partial charge in [-0.1, -0.05) is 25.4 Å². The Balaban J connectivity index is 0.00000729. The molecule has 1 aromatic rings. The van der Waals surface area contributed by atoms with E-state index < -0.39 is 24.3 Å². The molecular formula is C19H27ClNNaO6. The summed E-state index contributed by atoms with van der Waals surface area (Å²) in [6, 6.07) is 6.46. The van der Waals surface area contributed by atoms with Crippen LogP contribution in [0.5, 0.6) is 5.75 Å². The summed E-state index contributed by atoms with van der Waals surface area (Å²) >= 11 is 5.76. The van der Waals surface area contributed by atoms with Crippen molar-refractivity contribution in [2.75, 3.05) is 6.54 Å². The van der Waals surface area contributed by atoms with Crippen LogP contribution in [-0.4, -0.2) is 60.4 Å². The molecule has 152 valence electrons. The Morgan fingerprint density at radius 2 is 1.68 bits per heavy atom. The number of amides is 1. The van der Waals surface area contributed by atoms with Gasteiger partial charge in [0, 0.05) is 30.8 Å². The van der Waals surface area contributed by atoms with Crippen LogP contribution in [-0.2, 0) is 19.1 Å². The molecule has 0 spiro atoms. The number of esters is 2. The first kappa shape index (κ1) is 26.7. The van der Waals surface area contributed by atoms with Gasteiger partial charge in [0.2, 0.25) is 6.29 Å². The van der Waals surface area contributed by atoms with Crippen LogP contribution >= 0.6 is 11.6 Å². The van der Waals surface area contributed by atoms with Crippen molar-refractivity contribution in [3.63, 3.8) is 0 Å². The molecule has 0 aliphatic carbocycles. The predicted octanol–water partition coefficient (Wildman–Crippen LogP) is 3.57. The van der Waals surface area contributed by atoms with E-state index in [-0.39, 0.29) is 48.9 Å². The van der Waals surface area contributed by atoms with Gasteiger partial charge in [0.25, 0.3) is 0 Å². The molecule has 0 aromatic heterocycles. The number of nitrogens with one attached hydrogen (secondary N) is 1. The van der Waals surface area contributed by atoms with Crippen LogP contribution in [0.1, 0.15) is 52.4 Å². The second-order valence-electron chi connectivity index (χ2n) is 5.82. The van der Waals surface area contributed by atoms with Crippen molar-refractivity contribution in [2.24, 2.45) is 0 Å². The number of alkyl carbamates (subject to hydrolysis) is 1. The van der Waals surface area contributed by atoms with Gasteiger partial charge < -0.3 is 19.5 Å². The molecule has 1 atom stereocenters. The Morgan fingerprint density at radius 3 is 2.29 bits per heavy atom. The number of carbonyl (C=O) groups excluding carboxylic acids is 3. The topological polar surface area (TPSA) is 90.9 Å². The molecule has 1 rings (SSSR count). The summed E-state index contributed by atoms with van der Waals surface area (Å²) in [6.45, 7) is 3.99. The Bertz CT molecular complexity index is 611.